The van der Waals surface area contributed by atoms with E-state index in [0.717, 1.165) is 0 Å². The van der Waals surface area contributed by atoms with E-state index in [2.05, 4.69) is 10.3 Å². The molecule has 0 radical (unpaired) electrons. The second-order valence-corrected chi connectivity index (χ2v) is 5.93. The van der Waals surface area contributed by atoms with E-state index in [1.807, 2.05) is 0 Å². The summed E-state index contributed by atoms with van der Waals surface area (Å²) in [5, 5.41) is 13.2. The Bertz CT molecular complexity index is 611. The Balaban J connectivity index is 2.90. The summed E-state index contributed by atoms with van der Waals surface area (Å²) in [7, 11) is 0. The van der Waals surface area contributed by atoms with Crippen LogP contribution in [-0.2, 0) is 20.7 Å². The Labute approximate surface area is 139 Å². The number of hydrogen-bond acceptors (Lipinski definition) is 7. The van der Waals surface area contributed by atoms with E-state index in [0.29, 0.717) is 5.56 Å². The van der Waals surface area contributed by atoms with Gasteiger partial charge in [0.15, 0.2) is 0 Å². The van der Waals surface area contributed by atoms with Gasteiger partial charge in [0.25, 0.3) is 0 Å². The first-order chi connectivity index (χ1) is 11.1. The highest BCUT2D eigenvalue weighted by atomic mass is 16.6. The second kappa shape index (κ2) is 8.23. The number of alkyl carbamates (subject to hydrolysis) is 1. The summed E-state index contributed by atoms with van der Waals surface area (Å²) in [5.41, 5.74) is -0.260. The average Bonchev–Trinajstić information content (AvgIpc) is 2.45. The van der Waals surface area contributed by atoms with Crippen LogP contribution in [-0.4, -0.2) is 40.2 Å². The van der Waals surface area contributed by atoms with Crippen LogP contribution >= 0.6 is 0 Å². The Morgan fingerprint density at radius 1 is 1.42 bits per heavy atom. The molecule has 0 saturated heterocycles. The molecular formula is C15H21N3O6. The minimum Gasteiger partial charge on any atom is -0.464 e. The molecule has 0 saturated carbocycles. The summed E-state index contributed by atoms with van der Waals surface area (Å²) in [6.07, 6.45) is 0.508. The molecule has 1 unspecified atom stereocenters. The van der Waals surface area contributed by atoms with Gasteiger partial charge in [-0.2, -0.15) is 0 Å². The van der Waals surface area contributed by atoms with Gasteiger partial charge in [0.2, 0.25) is 0 Å². The SMILES string of the molecule is CCOC(=O)C(Cc1ccnc([N+](=O)[O-])c1)NC(=O)OC(C)(C)C. The highest BCUT2D eigenvalue weighted by Gasteiger charge is 2.26. The van der Waals surface area contributed by atoms with Crippen molar-refractivity contribution in [2.24, 2.45) is 0 Å². The third kappa shape index (κ3) is 6.59. The van der Waals surface area contributed by atoms with Gasteiger partial charge in [-0.15, -0.1) is 0 Å². The molecule has 0 spiro atoms. The van der Waals surface area contributed by atoms with E-state index in [-0.39, 0.29) is 18.8 Å². The van der Waals surface area contributed by atoms with Crippen LogP contribution in [0.1, 0.15) is 33.3 Å². The number of carbonyl (C=O) groups excluding carboxylic acids is 2. The first kappa shape index (κ1) is 19.3. The van der Waals surface area contributed by atoms with Crippen molar-refractivity contribution in [1.82, 2.24) is 10.3 Å². The molecule has 1 amide bonds. The lowest BCUT2D eigenvalue weighted by Crippen LogP contribution is -2.45. The lowest BCUT2D eigenvalue weighted by molar-refractivity contribution is -0.389. The number of nitrogens with one attached hydrogen (secondary N) is 1. The van der Waals surface area contributed by atoms with E-state index < -0.39 is 28.6 Å². The summed E-state index contributed by atoms with van der Waals surface area (Å²) < 4.78 is 10.0. The van der Waals surface area contributed by atoms with Gasteiger partial charge in [-0.1, -0.05) is 0 Å². The highest BCUT2D eigenvalue weighted by Crippen LogP contribution is 2.13. The minimum atomic E-state index is -1.03. The Hall–Kier alpha value is -2.71. The molecular weight excluding hydrogens is 318 g/mol. The standard InChI is InChI=1S/C15H21N3O6/c1-5-23-13(19)11(17-14(20)24-15(2,3)4)8-10-6-7-16-12(9-10)18(21)22/h6-7,9,11H,5,8H2,1-4H3,(H,17,20). The Morgan fingerprint density at radius 2 is 2.08 bits per heavy atom. The number of rotatable bonds is 6. The maximum Gasteiger partial charge on any atom is 0.408 e. The number of ether oxygens (including phenoxy) is 2. The number of pyridine rings is 1. The molecule has 0 aliphatic heterocycles. The molecule has 0 aromatic carbocycles. The molecule has 0 fully saturated rings. The van der Waals surface area contributed by atoms with Crippen molar-refractivity contribution in [2.45, 2.75) is 45.8 Å². The van der Waals surface area contributed by atoms with Crippen LogP contribution in [0.2, 0.25) is 0 Å². The molecule has 9 nitrogen and oxygen atoms in total. The van der Waals surface area contributed by atoms with Crippen molar-refractivity contribution < 1.29 is 24.0 Å². The monoisotopic (exact) mass is 339 g/mol. The van der Waals surface area contributed by atoms with Crippen LogP contribution in [0.5, 0.6) is 0 Å². The second-order valence-electron chi connectivity index (χ2n) is 5.93. The molecule has 9 heteroatoms. The van der Waals surface area contributed by atoms with E-state index in [4.69, 9.17) is 9.47 Å². The zero-order chi connectivity index (χ0) is 18.3. The van der Waals surface area contributed by atoms with Gasteiger partial charge in [0.1, 0.15) is 17.8 Å². The van der Waals surface area contributed by atoms with Crippen LogP contribution in [0.15, 0.2) is 18.3 Å². The summed E-state index contributed by atoms with van der Waals surface area (Å²) in [6.45, 7) is 6.86. The van der Waals surface area contributed by atoms with Gasteiger partial charge < -0.3 is 24.9 Å². The molecule has 1 atom stereocenters. The lowest BCUT2D eigenvalue weighted by atomic mass is 10.1. The van der Waals surface area contributed by atoms with Gasteiger partial charge in [-0.05, 0) is 49.2 Å². The summed E-state index contributed by atoms with van der Waals surface area (Å²) >= 11 is 0. The summed E-state index contributed by atoms with van der Waals surface area (Å²) in [5.74, 6) is -0.991. The van der Waals surface area contributed by atoms with Crippen molar-refractivity contribution in [3.63, 3.8) is 0 Å². The van der Waals surface area contributed by atoms with E-state index >= 15 is 0 Å². The predicted molar refractivity (Wildman–Crippen MR) is 84.4 cm³/mol. The fourth-order valence-electron chi connectivity index (χ4n) is 1.81. The van der Waals surface area contributed by atoms with Crippen LogP contribution in [0, 0.1) is 10.1 Å². The largest absolute Gasteiger partial charge is 0.464 e. The molecule has 1 N–H and O–H groups in total. The number of hydrogen-bond donors (Lipinski definition) is 1. The van der Waals surface area contributed by atoms with Crippen LogP contribution in [0.4, 0.5) is 10.6 Å². The number of esters is 1. The first-order valence-electron chi connectivity index (χ1n) is 7.38. The molecule has 0 aliphatic carbocycles. The summed E-state index contributed by atoms with van der Waals surface area (Å²) in [4.78, 5) is 37.7. The van der Waals surface area contributed by atoms with Crippen molar-refractivity contribution in [2.75, 3.05) is 6.61 Å². The van der Waals surface area contributed by atoms with Crippen LogP contribution in [0.3, 0.4) is 0 Å². The smallest absolute Gasteiger partial charge is 0.408 e. The van der Waals surface area contributed by atoms with Crippen LogP contribution < -0.4 is 5.32 Å². The average molecular weight is 339 g/mol. The van der Waals surface area contributed by atoms with E-state index in [1.54, 1.807) is 27.7 Å². The van der Waals surface area contributed by atoms with Gasteiger partial charge >= 0.3 is 17.9 Å². The van der Waals surface area contributed by atoms with Crippen LogP contribution in [0.25, 0.3) is 0 Å². The van der Waals surface area contributed by atoms with E-state index in [9.17, 15) is 19.7 Å². The first-order valence-corrected chi connectivity index (χ1v) is 7.38. The van der Waals surface area contributed by atoms with Crippen molar-refractivity contribution in [3.05, 3.63) is 34.0 Å². The quantitative estimate of drug-likeness (QED) is 0.478. The van der Waals surface area contributed by atoms with Gasteiger partial charge in [-0.25, -0.2) is 9.59 Å². The zero-order valence-corrected chi connectivity index (χ0v) is 14.1. The molecule has 1 rings (SSSR count). The highest BCUT2D eigenvalue weighted by molar-refractivity contribution is 5.81. The van der Waals surface area contributed by atoms with E-state index in [1.165, 1.54) is 18.3 Å². The van der Waals surface area contributed by atoms with Crippen molar-refractivity contribution >= 4 is 17.9 Å². The third-order valence-electron chi connectivity index (χ3n) is 2.70. The van der Waals surface area contributed by atoms with Gasteiger partial charge in [0.05, 0.1) is 6.61 Å². The molecule has 0 bridgehead atoms. The molecule has 24 heavy (non-hydrogen) atoms. The Morgan fingerprint density at radius 3 is 2.62 bits per heavy atom. The number of nitrogens with zero attached hydrogens (tertiary/aromatic N) is 2. The van der Waals surface area contributed by atoms with Crippen molar-refractivity contribution in [3.8, 4) is 0 Å². The number of carbonyl (C=O) groups is 2. The van der Waals surface area contributed by atoms with Gasteiger partial charge in [-0.3, -0.25) is 0 Å². The number of amides is 1. The zero-order valence-electron chi connectivity index (χ0n) is 14.1. The minimum absolute atomic E-state index is 0.0153. The molecule has 0 aliphatic rings. The topological polar surface area (TPSA) is 121 Å². The molecule has 1 heterocycles. The fourth-order valence-corrected chi connectivity index (χ4v) is 1.81. The predicted octanol–water partition coefficient (Wildman–Crippen LogP) is 1.99. The maximum absolute atomic E-state index is 12.0. The van der Waals surface area contributed by atoms with Crippen molar-refractivity contribution in [1.29, 1.82) is 0 Å². The Kier molecular flexibility index (Phi) is 6.63. The summed E-state index contributed by atoms with van der Waals surface area (Å²) in [6, 6.07) is 1.74. The number of aromatic nitrogens is 1. The van der Waals surface area contributed by atoms with Gasteiger partial charge in [0, 0.05) is 12.5 Å². The number of nitro groups is 1. The lowest BCUT2D eigenvalue weighted by Gasteiger charge is -2.22. The normalized spacial score (nSPS) is 12.2. The molecule has 1 aromatic rings. The fraction of sp³-hybridized carbons (Fsp3) is 0.533. The molecule has 132 valence electrons. The maximum atomic E-state index is 12.0. The molecule has 1 aromatic heterocycles. The third-order valence-corrected chi connectivity index (χ3v) is 2.70.